The van der Waals surface area contributed by atoms with E-state index in [1.54, 1.807) is 19.1 Å². The largest absolute Gasteiger partial charge is 0.462 e. The fourth-order valence-electron chi connectivity index (χ4n) is 5.34. The van der Waals surface area contributed by atoms with Crippen LogP contribution in [0.2, 0.25) is 0 Å². The van der Waals surface area contributed by atoms with Crippen molar-refractivity contribution in [3.05, 3.63) is 100 Å². The van der Waals surface area contributed by atoms with E-state index in [0.29, 0.717) is 22.8 Å². The van der Waals surface area contributed by atoms with E-state index in [0.717, 1.165) is 54.7 Å². The van der Waals surface area contributed by atoms with Gasteiger partial charge in [0.25, 0.3) is 0 Å². The minimum absolute atomic E-state index is 0.136. The van der Waals surface area contributed by atoms with Crippen LogP contribution in [0.15, 0.2) is 66.9 Å². The summed E-state index contributed by atoms with van der Waals surface area (Å²) in [5, 5.41) is 21.6. The molecule has 0 radical (unpaired) electrons. The van der Waals surface area contributed by atoms with Gasteiger partial charge in [0.05, 0.1) is 36.1 Å². The fourth-order valence-corrected chi connectivity index (χ4v) is 5.34. The van der Waals surface area contributed by atoms with Crippen LogP contribution in [0.1, 0.15) is 57.9 Å². The van der Waals surface area contributed by atoms with E-state index in [4.69, 9.17) is 20.0 Å². The highest BCUT2D eigenvalue weighted by atomic mass is 16.5. The van der Waals surface area contributed by atoms with Gasteiger partial charge in [0.1, 0.15) is 11.3 Å². The van der Waals surface area contributed by atoms with Gasteiger partial charge in [-0.15, -0.1) is 0 Å². The molecular formula is C35H34N6O3. The number of esters is 1. The van der Waals surface area contributed by atoms with E-state index < -0.39 is 5.97 Å². The normalized spacial score (nSPS) is 13.5. The third-order valence-corrected chi connectivity index (χ3v) is 7.67. The summed E-state index contributed by atoms with van der Waals surface area (Å²) in [6, 6.07) is 23.7. The zero-order chi connectivity index (χ0) is 31.1. The molecule has 9 nitrogen and oxygen atoms in total. The van der Waals surface area contributed by atoms with Crippen molar-refractivity contribution in [3.8, 4) is 34.9 Å². The monoisotopic (exact) mass is 586 g/mol. The Kier molecular flexibility index (Phi) is 9.49. The maximum absolute atomic E-state index is 12.8. The van der Waals surface area contributed by atoms with Gasteiger partial charge < -0.3 is 14.8 Å². The third-order valence-electron chi connectivity index (χ3n) is 7.67. The highest BCUT2D eigenvalue weighted by molar-refractivity contribution is 5.91. The van der Waals surface area contributed by atoms with E-state index in [-0.39, 0.29) is 24.1 Å². The predicted octanol–water partition coefficient (Wildman–Crippen LogP) is 6.55. The summed E-state index contributed by atoms with van der Waals surface area (Å²) in [6.45, 7) is 8.52. The molecule has 222 valence electrons. The number of piperidine rings is 1. The molecule has 3 aromatic carbocycles. The lowest BCUT2D eigenvalue weighted by atomic mass is 9.99. The zero-order valence-electron chi connectivity index (χ0n) is 25.1. The second-order valence-electron chi connectivity index (χ2n) is 10.9. The first-order chi connectivity index (χ1) is 21.4. The number of nitriles is 2. The minimum Gasteiger partial charge on any atom is -0.462 e. The number of likely N-dealkylation sites (tertiary alicyclic amines) is 1. The molecule has 0 amide bonds. The number of aromatic nitrogens is 2. The maximum atomic E-state index is 12.8. The third kappa shape index (κ3) is 7.20. The molecule has 5 rings (SSSR count). The van der Waals surface area contributed by atoms with Crippen LogP contribution in [0.25, 0.3) is 11.1 Å². The van der Waals surface area contributed by atoms with Crippen molar-refractivity contribution in [1.29, 1.82) is 10.5 Å². The van der Waals surface area contributed by atoms with Gasteiger partial charge >= 0.3 is 5.97 Å². The Balaban J connectivity index is 1.31. The first-order valence-corrected chi connectivity index (χ1v) is 14.7. The lowest BCUT2D eigenvalue weighted by molar-refractivity contribution is 0.0522. The first kappa shape index (κ1) is 30.2. The molecule has 44 heavy (non-hydrogen) atoms. The predicted molar refractivity (Wildman–Crippen MR) is 167 cm³/mol. The van der Waals surface area contributed by atoms with Gasteiger partial charge in [-0.2, -0.15) is 15.5 Å². The highest BCUT2D eigenvalue weighted by Gasteiger charge is 2.23. The molecule has 0 saturated carbocycles. The average molecular weight is 587 g/mol. The molecule has 9 heteroatoms. The van der Waals surface area contributed by atoms with E-state index >= 15 is 0 Å². The molecule has 0 aliphatic carbocycles. The van der Waals surface area contributed by atoms with E-state index in [1.807, 2.05) is 62.4 Å². The van der Waals surface area contributed by atoms with Gasteiger partial charge in [0, 0.05) is 25.7 Å². The van der Waals surface area contributed by atoms with Crippen LogP contribution in [0.4, 0.5) is 5.95 Å². The van der Waals surface area contributed by atoms with Crippen LogP contribution in [0, 0.1) is 36.5 Å². The lowest BCUT2D eigenvalue weighted by Crippen LogP contribution is -2.39. The van der Waals surface area contributed by atoms with Crippen molar-refractivity contribution in [2.24, 2.45) is 0 Å². The Labute approximate surface area is 257 Å². The van der Waals surface area contributed by atoms with Crippen molar-refractivity contribution >= 4 is 11.9 Å². The van der Waals surface area contributed by atoms with Gasteiger partial charge in [-0.3, -0.25) is 4.90 Å². The van der Waals surface area contributed by atoms with Gasteiger partial charge in [-0.1, -0.05) is 24.3 Å². The summed E-state index contributed by atoms with van der Waals surface area (Å²) in [5.74, 6) is 0.586. The topological polar surface area (TPSA) is 124 Å². The zero-order valence-corrected chi connectivity index (χ0v) is 25.1. The summed E-state index contributed by atoms with van der Waals surface area (Å²) < 4.78 is 11.6. The molecular weight excluding hydrogens is 552 g/mol. The Morgan fingerprint density at radius 2 is 1.57 bits per heavy atom. The molecule has 0 atom stereocenters. The number of nitrogens with one attached hydrogen (secondary N) is 1. The van der Waals surface area contributed by atoms with E-state index in [1.165, 1.54) is 11.8 Å². The number of ether oxygens (including phenoxy) is 2. The van der Waals surface area contributed by atoms with Gasteiger partial charge in [-0.05, 0) is 97.8 Å². The number of aryl methyl sites for hydroxylation is 2. The average Bonchev–Trinajstić information content (AvgIpc) is 3.04. The number of benzene rings is 3. The summed E-state index contributed by atoms with van der Waals surface area (Å²) in [4.78, 5) is 24.3. The Hall–Kier alpha value is -5.25. The van der Waals surface area contributed by atoms with Gasteiger partial charge in [0.15, 0.2) is 0 Å². The second kappa shape index (κ2) is 13.8. The highest BCUT2D eigenvalue weighted by Crippen LogP contribution is 2.34. The summed E-state index contributed by atoms with van der Waals surface area (Å²) in [7, 11) is 0. The molecule has 1 N–H and O–H groups in total. The van der Waals surface area contributed by atoms with Crippen LogP contribution < -0.4 is 10.1 Å². The first-order valence-electron chi connectivity index (χ1n) is 14.7. The number of rotatable bonds is 9. The second-order valence-corrected chi connectivity index (χ2v) is 10.9. The van der Waals surface area contributed by atoms with Crippen molar-refractivity contribution in [3.63, 3.8) is 0 Å². The van der Waals surface area contributed by atoms with E-state index in [9.17, 15) is 4.79 Å². The maximum Gasteiger partial charge on any atom is 0.345 e. The molecule has 1 aliphatic rings. The summed E-state index contributed by atoms with van der Waals surface area (Å²) in [6.07, 6.45) is 3.27. The van der Waals surface area contributed by atoms with Crippen molar-refractivity contribution < 1.29 is 14.3 Å². The summed E-state index contributed by atoms with van der Waals surface area (Å²) in [5.41, 5.74) is 6.36. The Morgan fingerprint density at radius 1 is 0.955 bits per heavy atom. The number of carbonyl (C=O) groups is 1. The molecule has 0 bridgehead atoms. The number of anilines is 1. The number of hydrogen-bond acceptors (Lipinski definition) is 9. The smallest absolute Gasteiger partial charge is 0.345 e. The number of carbonyl (C=O) groups excluding carboxylic acids is 1. The minimum atomic E-state index is -0.547. The lowest BCUT2D eigenvalue weighted by Gasteiger charge is -2.32. The summed E-state index contributed by atoms with van der Waals surface area (Å²) >= 11 is 0. The van der Waals surface area contributed by atoms with Crippen LogP contribution in [0.5, 0.6) is 11.6 Å². The molecule has 1 saturated heterocycles. The van der Waals surface area contributed by atoms with E-state index in [2.05, 4.69) is 32.3 Å². The molecule has 0 unspecified atom stereocenters. The fraction of sp³-hybridized carbons (Fsp3) is 0.286. The molecule has 4 aromatic rings. The molecule has 1 fully saturated rings. The van der Waals surface area contributed by atoms with Crippen LogP contribution in [0.3, 0.4) is 0 Å². The molecule has 2 heterocycles. The van der Waals surface area contributed by atoms with Crippen molar-refractivity contribution in [1.82, 2.24) is 14.9 Å². The van der Waals surface area contributed by atoms with Crippen molar-refractivity contribution in [2.75, 3.05) is 25.0 Å². The quantitative estimate of drug-likeness (QED) is 0.217. The Bertz CT molecular complexity index is 1690. The number of hydrogen-bond donors (Lipinski definition) is 1. The van der Waals surface area contributed by atoms with Crippen LogP contribution in [-0.4, -0.2) is 46.6 Å². The van der Waals surface area contributed by atoms with Gasteiger partial charge in [0.2, 0.25) is 11.8 Å². The van der Waals surface area contributed by atoms with Crippen molar-refractivity contribution in [2.45, 2.75) is 46.2 Å². The molecule has 1 aromatic heterocycles. The molecule has 1 aliphatic heterocycles. The number of nitrogens with zero attached hydrogens (tertiary/aromatic N) is 5. The standard InChI is InChI=1S/C35H34N6O3/c1-4-43-34(42)31-21-38-35(39-30-13-15-41(16-14-30)22-27-7-5-25(19-36)6-8-27)40-33(31)44-32-23(2)17-29(18-24(32)3)28-11-9-26(20-37)10-12-28/h5-12,17-18,21,30H,4,13-16,22H2,1-3H3,(H,38,39,40). The van der Waals surface area contributed by atoms with Crippen LogP contribution in [-0.2, 0) is 11.3 Å². The van der Waals surface area contributed by atoms with Crippen LogP contribution >= 0.6 is 0 Å². The van der Waals surface area contributed by atoms with Gasteiger partial charge in [-0.25, -0.2) is 9.78 Å². The Morgan fingerprint density at radius 3 is 2.16 bits per heavy atom. The SMILES string of the molecule is CCOC(=O)c1cnc(NC2CCN(Cc3ccc(C#N)cc3)CC2)nc1Oc1c(C)cc(-c2ccc(C#N)cc2)cc1C. The molecule has 0 spiro atoms.